The van der Waals surface area contributed by atoms with Crippen LogP contribution in [0.5, 0.6) is 5.75 Å². The number of pyridine rings is 2. The Hall–Kier alpha value is -3.58. The molecule has 2 aromatic carbocycles. The third kappa shape index (κ3) is 5.07. The van der Waals surface area contributed by atoms with Crippen molar-refractivity contribution in [3.63, 3.8) is 0 Å². The minimum Gasteiger partial charge on any atom is -0.504 e. The van der Waals surface area contributed by atoms with Crippen molar-refractivity contribution in [2.45, 2.75) is 68.7 Å². The number of hydrogen-bond acceptors (Lipinski definition) is 5. The van der Waals surface area contributed by atoms with Crippen LogP contribution in [-0.4, -0.2) is 21.1 Å². The number of anilines is 2. The Balaban J connectivity index is 1.55. The van der Waals surface area contributed by atoms with Gasteiger partial charge in [-0.1, -0.05) is 55.4 Å². The second-order valence-electron chi connectivity index (χ2n) is 9.84. The molecule has 0 radical (unpaired) electrons. The molecule has 3 heterocycles. The van der Waals surface area contributed by atoms with Gasteiger partial charge in [0.15, 0.2) is 5.75 Å². The Morgan fingerprint density at radius 3 is 2.63 bits per heavy atom. The molecule has 4 aromatic rings. The lowest BCUT2D eigenvalue weighted by atomic mass is 9.95. The first-order valence-electron chi connectivity index (χ1n) is 13.1. The fourth-order valence-electron chi connectivity index (χ4n) is 5.18. The quantitative estimate of drug-likeness (QED) is 0.242. The van der Waals surface area contributed by atoms with Crippen LogP contribution in [0.3, 0.4) is 0 Å². The summed E-state index contributed by atoms with van der Waals surface area (Å²) in [7, 11) is 0. The Kier molecular flexibility index (Phi) is 7.56. The van der Waals surface area contributed by atoms with E-state index in [0.29, 0.717) is 17.8 Å². The summed E-state index contributed by atoms with van der Waals surface area (Å²) in [5, 5.41) is 11.7. The maximum absolute atomic E-state index is 13.4. The van der Waals surface area contributed by atoms with Crippen LogP contribution in [0.1, 0.15) is 50.1 Å². The van der Waals surface area contributed by atoms with E-state index >= 15 is 0 Å². The maximum atomic E-state index is 13.4. The molecule has 5 nitrogen and oxygen atoms in total. The van der Waals surface area contributed by atoms with Gasteiger partial charge in [-0.3, -0.25) is 4.79 Å². The highest BCUT2D eigenvalue weighted by atomic mass is 32.2. The number of halogens is 1. The molecule has 0 aliphatic carbocycles. The zero-order valence-corrected chi connectivity index (χ0v) is 22.7. The van der Waals surface area contributed by atoms with Gasteiger partial charge in [0.05, 0.1) is 0 Å². The number of benzene rings is 2. The van der Waals surface area contributed by atoms with Crippen LogP contribution < -0.4 is 10.5 Å². The number of fused-ring (bicyclic) bond motifs is 1. The van der Waals surface area contributed by atoms with Crippen LogP contribution in [-0.2, 0) is 12.8 Å². The first-order valence-corrected chi connectivity index (χ1v) is 14.0. The Morgan fingerprint density at radius 2 is 1.89 bits per heavy atom. The standard InChI is InChI=1S/C31H32FN3O2S/c1-4-5-9-25-28(35-19(2)11-12-22-8-6-7-10-26(22)35)29(36)30(31(37)34-25)38-23-15-13-21(14-16-23)24-17-18-27(32)33-20(24)3/h6-8,10,13-19H,4-5,9,11-12H2,1-3H3,(H2,34,36,37). The average molecular weight is 530 g/mol. The highest BCUT2D eigenvalue weighted by molar-refractivity contribution is 7.99. The van der Waals surface area contributed by atoms with Crippen molar-refractivity contribution in [3.05, 3.63) is 93.9 Å². The van der Waals surface area contributed by atoms with Crippen molar-refractivity contribution in [1.29, 1.82) is 0 Å². The molecule has 0 fully saturated rings. The van der Waals surface area contributed by atoms with Crippen molar-refractivity contribution < 1.29 is 9.50 Å². The van der Waals surface area contributed by atoms with Gasteiger partial charge in [0.25, 0.3) is 5.56 Å². The Labute approximate surface area is 226 Å². The second kappa shape index (κ2) is 11.0. The van der Waals surface area contributed by atoms with Crippen molar-refractivity contribution in [1.82, 2.24) is 9.97 Å². The van der Waals surface area contributed by atoms with Gasteiger partial charge in [0.1, 0.15) is 10.6 Å². The minimum absolute atomic E-state index is 0.0241. The van der Waals surface area contributed by atoms with Crippen LogP contribution >= 0.6 is 11.8 Å². The zero-order chi connectivity index (χ0) is 26.8. The van der Waals surface area contributed by atoms with Gasteiger partial charge in [0.2, 0.25) is 5.95 Å². The summed E-state index contributed by atoms with van der Waals surface area (Å²) in [5.41, 5.74) is 5.88. The molecule has 5 rings (SSSR count). The molecular formula is C31H32FN3O2S. The molecule has 196 valence electrons. The molecule has 0 bridgehead atoms. The number of hydrogen-bond donors (Lipinski definition) is 2. The molecule has 1 aliphatic rings. The predicted molar refractivity (Wildman–Crippen MR) is 152 cm³/mol. The van der Waals surface area contributed by atoms with Crippen molar-refractivity contribution in [2.75, 3.05) is 4.90 Å². The summed E-state index contributed by atoms with van der Waals surface area (Å²) in [4.78, 5) is 23.6. The fraction of sp³-hybridized carbons (Fsp3) is 0.290. The summed E-state index contributed by atoms with van der Waals surface area (Å²) >= 11 is 1.25. The van der Waals surface area contributed by atoms with E-state index in [1.807, 2.05) is 36.4 Å². The van der Waals surface area contributed by atoms with Gasteiger partial charge >= 0.3 is 0 Å². The minimum atomic E-state index is -0.503. The lowest BCUT2D eigenvalue weighted by molar-refractivity contribution is 0.454. The van der Waals surface area contributed by atoms with Gasteiger partial charge in [-0.15, -0.1) is 0 Å². The van der Waals surface area contributed by atoms with Crippen LogP contribution in [0, 0.1) is 12.9 Å². The highest BCUT2D eigenvalue weighted by Gasteiger charge is 2.30. The molecule has 1 atom stereocenters. The third-order valence-electron chi connectivity index (χ3n) is 7.18. The molecule has 0 saturated heterocycles. The number of nitrogens with one attached hydrogen (secondary N) is 1. The first-order chi connectivity index (χ1) is 18.4. The molecule has 2 aromatic heterocycles. The van der Waals surface area contributed by atoms with E-state index in [4.69, 9.17) is 0 Å². The zero-order valence-electron chi connectivity index (χ0n) is 21.9. The van der Waals surface area contributed by atoms with E-state index in [1.165, 1.54) is 23.4 Å². The van der Waals surface area contributed by atoms with Crippen LogP contribution in [0.4, 0.5) is 15.8 Å². The number of aromatic hydroxyl groups is 1. The summed E-state index contributed by atoms with van der Waals surface area (Å²) in [6.45, 7) is 6.07. The highest BCUT2D eigenvalue weighted by Crippen LogP contribution is 2.46. The van der Waals surface area contributed by atoms with Crippen molar-refractivity contribution in [2.24, 2.45) is 0 Å². The molecular weight excluding hydrogens is 497 g/mol. The number of nitrogens with zero attached hydrogens (tertiary/aromatic N) is 2. The Morgan fingerprint density at radius 1 is 1.13 bits per heavy atom. The molecule has 0 amide bonds. The third-order valence-corrected chi connectivity index (χ3v) is 8.27. The number of para-hydroxylation sites is 1. The molecule has 2 N–H and O–H groups in total. The lowest BCUT2D eigenvalue weighted by Crippen LogP contribution is -2.35. The topological polar surface area (TPSA) is 69.2 Å². The van der Waals surface area contributed by atoms with Gasteiger partial charge < -0.3 is 15.0 Å². The smallest absolute Gasteiger partial charge is 0.266 e. The van der Waals surface area contributed by atoms with E-state index in [-0.39, 0.29) is 22.2 Å². The fourth-order valence-corrected chi connectivity index (χ4v) is 6.03. The summed E-state index contributed by atoms with van der Waals surface area (Å²) in [6, 6.07) is 19.2. The largest absolute Gasteiger partial charge is 0.504 e. The molecule has 38 heavy (non-hydrogen) atoms. The van der Waals surface area contributed by atoms with Crippen LogP contribution in [0.25, 0.3) is 11.1 Å². The van der Waals surface area contributed by atoms with Gasteiger partial charge in [-0.25, -0.2) is 4.98 Å². The van der Waals surface area contributed by atoms with Gasteiger partial charge in [-0.05, 0) is 81.0 Å². The normalized spacial score (nSPS) is 14.9. The molecule has 0 spiro atoms. The number of aromatic amines is 1. The number of aryl methyl sites for hydroxylation is 3. The summed E-state index contributed by atoms with van der Waals surface area (Å²) in [6.07, 6.45) is 4.53. The Bertz CT molecular complexity index is 1520. The SMILES string of the molecule is CCCCc1[nH]c(=O)c(Sc2ccc(-c3ccc(F)nc3C)cc2)c(O)c1N1c2ccccc2CCC1C. The van der Waals surface area contributed by atoms with Crippen LogP contribution in [0.15, 0.2) is 75.2 Å². The number of unbranched alkanes of at least 4 members (excludes halogenated alkanes) is 1. The number of aromatic nitrogens is 2. The average Bonchev–Trinajstić information content (AvgIpc) is 2.91. The number of rotatable bonds is 7. The van der Waals surface area contributed by atoms with Crippen molar-refractivity contribution in [3.8, 4) is 16.9 Å². The summed E-state index contributed by atoms with van der Waals surface area (Å²) in [5.74, 6) is -0.479. The van der Waals surface area contributed by atoms with E-state index in [2.05, 4.69) is 40.8 Å². The lowest BCUT2D eigenvalue weighted by Gasteiger charge is -2.38. The second-order valence-corrected chi connectivity index (χ2v) is 10.9. The van der Waals surface area contributed by atoms with Gasteiger partial charge in [0, 0.05) is 33.6 Å². The first kappa shape index (κ1) is 26.0. The van der Waals surface area contributed by atoms with E-state index in [9.17, 15) is 14.3 Å². The van der Waals surface area contributed by atoms with Crippen molar-refractivity contribution >= 4 is 23.1 Å². The van der Waals surface area contributed by atoms with E-state index < -0.39 is 5.95 Å². The molecule has 1 unspecified atom stereocenters. The van der Waals surface area contributed by atoms with E-state index in [1.54, 1.807) is 13.0 Å². The molecule has 0 saturated carbocycles. The number of H-pyrrole nitrogens is 1. The monoisotopic (exact) mass is 529 g/mol. The van der Waals surface area contributed by atoms with Crippen LogP contribution in [0.2, 0.25) is 0 Å². The predicted octanol–water partition coefficient (Wildman–Crippen LogP) is 7.56. The van der Waals surface area contributed by atoms with E-state index in [0.717, 1.165) is 53.1 Å². The maximum Gasteiger partial charge on any atom is 0.266 e. The molecule has 1 aliphatic heterocycles. The summed E-state index contributed by atoms with van der Waals surface area (Å²) < 4.78 is 13.4. The van der Waals surface area contributed by atoms with Gasteiger partial charge in [-0.2, -0.15) is 4.39 Å². The molecule has 7 heteroatoms.